The quantitative estimate of drug-likeness (QED) is 0.717. The van der Waals surface area contributed by atoms with E-state index in [4.69, 9.17) is 16.3 Å². The lowest BCUT2D eigenvalue weighted by Crippen LogP contribution is -2.29. The van der Waals surface area contributed by atoms with Crippen LogP contribution in [0.3, 0.4) is 0 Å². The summed E-state index contributed by atoms with van der Waals surface area (Å²) in [6, 6.07) is 10.4. The molecule has 2 heteroatoms. The maximum absolute atomic E-state index is 6.36. The van der Waals surface area contributed by atoms with Crippen LogP contribution < -0.4 is 0 Å². The zero-order valence-electron chi connectivity index (χ0n) is 10.6. The van der Waals surface area contributed by atoms with Crippen LogP contribution in [0.1, 0.15) is 44.8 Å². The minimum atomic E-state index is 0.177. The minimum absolute atomic E-state index is 0.177. The summed E-state index contributed by atoms with van der Waals surface area (Å²) in [5.74, 6) is 0.665. The lowest BCUT2D eigenvalue weighted by Gasteiger charge is -2.34. The van der Waals surface area contributed by atoms with E-state index in [9.17, 15) is 0 Å². The number of rotatable bonds is 3. The van der Waals surface area contributed by atoms with Crippen molar-refractivity contribution < 1.29 is 4.74 Å². The highest BCUT2D eigenvalue weighted by atomic mass is 35.5. The van der Waals surface area contributed by atoms with Crippen LogP contribution in [0.5, 0.6) is 0 Å². The Bertz CT molecular complexity index is 334. The van der Waals surface area contributed by atoms with E-state index in [-0.39, 0.29) is 11.5 Å². The molecule has 1 aromatic rings. The van der Waals surface area contributed by atoms with Gasteiger partial charge in [-0.3, -0.25) is 0 Å². The number of alkyl halides is 1. The van der Waals surface area contributed by atoms with Crippen molar-refractivity contribution in [3.63, 3.8) is 0 Å². The molecule has 0 saturated carbocycles. The molecule has 1 heterocycles. The molecule has 0 aliphatic carbocycles. The zero-order valence-corrected chi connectivity index (χ0v) is 11.4. The van der Waals surface area contributed by atoms with E-state index in [1.54, 1.807) is 0 Å². The van der Waals surface area contributed by atoms with Crippen molar-refractivity contribution in [2.24, 2.45) is 5.92 Å². The molecule has 0 radical (unpaired) electrons. The molecule has 0 amide bonds. The maximum atomic E-state index is 6.36. The molecule has 0 unspecified atom stereocenters. The normalized spacial score (nSPS) is 29.5. The van der Waals surface area contributed by atoms with Crippen LogP contribution in [-0.4, -0.2) is 11.5 Å². The van der Waals surface area contributed by atoms with Gasteiger partial charge in [-0.15, -0.1) is 11.6 Å². The lowest BCUT2D eigenvalue weighted by atomic mass is 9.94. The van der Waals surface area contributed by atoms with Gasteiger partial charge in [0.05, 0.1) is 12.2 Å². The van der Waals surface area contributed by atoms with Crippen LogP contribution in [0, 0.1) is 5.92 Å². The van der Waals surface area contributed by atoms with E-state index < -0.39 is 0 Å². The van der Waals surface area contributed by atoms with Crippen LogP contribution >= 0.6 is 11.6 Å². The Balaban J connectivity index is 2.03. The van der Waals surface area contributed by atoms with Gasteiger partial charge in [-0.05, 0) is 30.7 Å². The van der Waals surface area contributed by atoms with Crippen molar-refractivity contribution >= 4 is 11.6 Å². The number of hydrogen-bond acceptors (Lipinski definition) is 1. The molecule has 1 saturated heterocycles. The number of hydrogen-bond donors (Lipinski definition) is 0. The Labute approximate surface area is 109 Å². The second-order valence-electron chi connectivity index (χ2n) is 5.36. The van der Waals surface area contributed by atoms with E-state index in [0.29, 0.717) is 12.0 Å². The monoisotopic (exact) mass is 252 g/mol. The summed E-state index contributed by atoms with van der Waals surface area (Å²) in [5, 5.41) is 0.248. The van der Waals surface area contributed by atoms with Gasteiger partial charge in [0.1, 0.15) is 0 Å². The molecule has 2 rings (SSSR count). The molecule has 1 nitrogen and oxygen atoms in total. The summed E-state index contributed by atoms with van der Waals surface area (Å²) in [6.07, 6.45) is 3.52. The van der Waals surface area contributed by atoms with Crippen LogP contribution in [0.4, 0.5) is 0 Å². The van der Waals surface area contributed by atoms with Gasteiger partial charge in [-0.25, -0.2) is 0 Å². The van der Waals surface area contributed by atoms with E-state index in [0.717, 1.165) is 19.3 Å². The summed E-state index contributed by atoms with van der Waals surface area (Å²) in [5.41, 5.74) is 1.26. The molecule has 17 heavy (non-hydrogen) atoms. The first-order chi connectivity index (χ1) is 8.15. The third-order valence-electron chi connectivity index (χ3n) is 3.25. The first-order valence-electron chi connectivity index (χ1n) is 6.49. The molecule has 0 bridgehead atoms. The number of ether oxygens (including phenoxy) is 1. The zero-order chi connectivity index (χ0) is 12.3. The van der Waals surface area contributed by atoms with Crippen molar-refractivity contribution in [2.45, 2.75) is 50.7 Å². The Kier molecular flexibility index (Phi) is 4.47. The first-order valence-corrected chi connectivity index (χ1v) is 6.93. The Morgan fingerprint density at radius 2 is 1.94 bits per heavy atom. The minimum Gasteiger partial charge on any atom is -0.370 e. The molecule has 0 spiro atoms. The Morgan fingerprint density at radius 3 is 2.59 bits per heavy atom. The highest BCUT2D eigenvalue weighted by Gasteiger charge is 2.29. The topological polar surface area (TPSA) is 9.23 Å². The third-order valence-corrected chi connectivity index (χ3v) is 3.61. The van der Waals surface area contributed by atoms with Gasteiger partial charge < -0.3 is 4.74 Å². The smallest absolute Gasteiger partial charge is 0.0842 e. The predicted octanol–water partition coefficient (Wildman–Crippen LogP) is 4.56. The van der Waals surface area contributed by atoms with Gasteiger partial charge in [0, 0.05) is 5.38 Å². The van der Waals surface area contributed by atoms with Gasteiger partial charge in [0.2, 0.25) is 0 Å². The Morgan fingerprint density at radius 1 is 1.24 bits per heavy atom. The predicted molar refractivity (Wildman–Crippen MR) is 72.4 cm³/mol. The van der Waals surface area contributed by atoms with E-state index in [2.05, 4.69) is 38.1 Å². The summed E-state index contributed by atoms with van der Waals surface area (Å²) in [4.78, 5) is 0. The molecule has 1 aromatic carbocycles. The summed E-state index contributed by atoms with van der Waals surface area (Å²) in [7, 11) is 0. The van der Waals surface area contributed by atoms with Crippen molar-refractivity contribution in [1.29, 1.82) is 0 Å². The van der Waals surface area contributed by atoms with Crippen LogP contribution in [0.25, 0.3) is 0 Å². The van der Waals surface area contributed by atoms with E-state index in [1.807, 2.05) is 6.07 Å². The van der Waals surface area contributed by atoms with Crippen molar-refractivity contribution in [3.05, 3.63) is 35.9 Å². The molecular formula is C15H21ClO. The van der Waals surface area contributed by atoms with Crippen LogP contribution in [0.15, 0.2) is 30.3 Å². The first kappa shape index (κ1) is 12.9. The van der Waals surface area contributed by atoms with Gasteiger partial charge in [0.25, 0.3) is 0 Å². The lowest BCUT2D eigenvalue weighted by molar-refractivity contribution is -0.0580. The average Bonchev–Trinajstić information content (AvgIpc) is 2.28. The van der Waals surface area contributed by atoms with Crippen molar-refractivity contribution in [3.8, 4) is 0 Å². The molecule has 3 atom stereocenters. The van der Waals surface area contributed by atoms with Gasteiger partial charge in [-0.1, -0.05) is 44.2 Å². The summed E-state index contributed by atoms with van der Waals surface area (Å²) in [6.45, 7) is 4.47. The average molecular weight is 253 g/mol. The largest absolute Gasteiger partial charge is 0.370 e. The fraction of sp³-hybridized carbons (Fsp3) is 0.600. The van der Waals surface area contributed by atoms with Crippen LogP contribution in [0.2, 0.25) is 0 Å². The molecule has 0 N–H and O–H groups in total. The highest BCUT2D eigenvalue weighted by molar-refractivity contribution is 6.20. The Hall–Kier alpha value is -0.530. The maximum Gasteiger partial charge on any atom is 0.0842 e. The molecule has 94 valence electrons. The van der Waals surface area contributed by atoms with Crippen molar-refractivity contribution in [1.82, 2.24) is 0 Å². The third kappa shape index (κ3) is 3.72. The standard InChI is InChI=1S/C15H21ClO/c1-11(2)8-14-9-13(16)10-15(17-14)12-6-4-3-5-7-12/h3-7,11,13-15H,8-10H2,1-2H3/t13-,14+,15+/m1/s1. The van der Waals surface area contributed by atoms with Crippen LogP contribution in [-0.2, 0) is 4.74 Å². The van der Waals surface area contributed by atoms with E-state index in [1.165, 1.54) is 5.56 Å². The molecule has 0 aromatic heterocycles. The van der Waals surface area contributed by atoms with E-state index >= 15 is 0 Å². The second kappa shape index (κ2) is 5.88. The molecular weight excluding hydrogens is 232 g/mol. The summed E-state index contributed by atoms with van der Waals surface area (Å²) >= 11 is 6.36. The SMILES string of the molecule is CC(C)C[C@H]1C[C@@H](Cl)C[C@@H](c2ccccc2)O1. The molecule has 1 aliphatic rings. The fourth-order valence-corrected chi connectivity index (χ4v) is 2.88. The fourth-order valence-electron chi connectivity index (χ4n) is 2.52. The summed E-state index contributed by atoms with van der Waals surface area (Å²) < 4.78 is 6.17. The molecule has 1 aliphatic heterocycles. The van der Waals surface area contributed by atoms with Gasteiger partial charge in [-0.2, -0.15) is 0 Å². The number of benzene rings is 1. The number of halogens is 1. The second-order valence-corrected chi connectivity index (χ2v) is 5.97. The highest BCUT2D eigenvalue weighted by Crippen LogP contribution is 2.35. The van der Waals surface area contributed by atoms with Crippen molar-refractivity contribution in [2.75, 3.05) is 0 Å². The van der Waals surface area contributed by atoms with Gasteiger partial charge >= 0.3 is 0 Å². The molecule has 1 fully saturated rings. The van der Waals surface area contributed by atoms with Gasteiger partial charge in [0.15, 0.2) is 0 Å².